The molecule has 2 saturated carbocycles. The molecule has 2 unspecified atom stereocenters. The lowest BCUT2D eigenvalue weighted by Gasteiger charge is -2.55. The van der Waals surface area contributed by atoms with Crippen LogP contribution in [-0.2, 0) is 11.3 Å². The van der Waals surface area contributed by atoms with Crippen molar-refractivity contribution >= 4 is 61.8 Å². The summed E-state index contributed by atoms with van der Waals surface area (Å²) in [5.41, 5.74) is 3.50. The van der Waals surface area contributed by atoms with Crippen molar-refractivity contribution in [2.45, 2.75) is 62.7 Å². The van der Waals surface area contributed by atoms with E-state index in [1.165, 1.54) is 18.4 Å². The first-order valence-corrected chi connectivity index (χ1v) is 15.8. The lowest BCUT2D eigenvalue weighted by atomic mass is 9.77. The Morgan fingerprint density at radius 2 is 1.91 bits per heavy atom. The molecular weight excluding hydrogens is 613 g/mol. The normalized spacial score (nSPS) is 21.1. The number of hydrogen-bond donors (Lipinski definition) is 3. The van der Waals surface area contributed by atoms with Gasteiger partial charge >= 0.3 is 5.97 Å². The number of halogens is 2. The number of carbonyl (C=O) groups excluding carboxylic acids is 1. The number of aromatic nitrogens is 2. The quantitative estimate of drug-likeness (QED) is 0.195. The van der Waals surface area contributed by atoms with Gasteiger partial charge in [-0.15, -0.1) is 0 Å². The van der Waals surface area contributed by atoms with Crippen molar-refractivity contribution in [2.75, 3.05) is 18.6 Å². The van der Waals surface area contributed by atoms with Gasteiger partial charge in [0.2, 0.25) is 0 Å². The molecule has 2 aromatic carbocycles. The molecule has 43 heavy (non-hydrogen) atoms. The SMILES string of the molecule is COc1cc(C(=O)NCC(=O)O)cc2sc(N3C4CC(NCc5c(-c6c(Cl)cccc6Cl)noc5C5CC5)CC3C4)nc12. The van der Waals surface area contributed by atoms with Crippen LogP contribution in [0.3, 0.4) is 0 Å². The fourth-order valence-corrected chi connectivity index (χ4v) is 8.06. The molecular formula is C30H29Cl2N5O5S. The summed E-state index contributed by atoms with van der Waals surface area (Å²) in [6.07, 6.45) is 5.25. The van der Waals surface area contributed by atoms with Gasteiger partial charge < -0.3 is 29.9 Å². The Balaban J connectivity index is 1.06. The molecule has 2 aromatic heterocycles. The van der Waals surface area contributed by atoms with Gasteiger partial charge in [-0.1, -0.05) is 45.8 Å². The summed E-state index contributed by atoms with van der Waals surface area (Å²) in [7, 11) is 1.54. The van der Waals surface area contributed by atoms with E-state index < -0.39 is 18.4 Å². The first kappa shape index (κ1) is 28.4. The topological polar surface area (TPSA) is 130 Å². The molecule has 8 rings (SSSR count). The minimum atomic E-state index is -1.10. The van der Waals surface area contributed by atoms with Crippen LogP contribution in [0.4, 0.5) is 5.13 Å². The van der Waals surface area contributed by atoms with Crippen LogP contribution in [0.25, 0.3) is 21.5 Å². The maximum atomic E-state index is 12.5. The number of fused-ring (bicyclic) bond motifs is 3. The highest BCUT2D eigenvalue weighted by molar-refractivity contribution is 7.22. The largest absolute Gasteiger partial charge is 0.494 e. The van der Waals surface area contributed by atoms with Crippen LogP contribution >= 0.6 is 34.5 Å². The molecule has 2 saturated heterocycles. The minimum Gasteiger partial charge on any atom is -0.494 e. The van der Waals surface area contributed by atoms with Crippen molar-refractivity contribution in [1.29, 1.82) is 0 Å². The van der Waals surface area contributed by atoms with E-state index >= 15 is 0 Å². The molecule has 0 spiro atoms. The summed E-state index contributed by atoms with van der Waals surface area (Å²) in [6.45, 7) is 0.176. The molecule has 1 amide bonds. The lowest BCUT2D eigenvalue weighted by molar-refractivity contribution is -0.135. The molecule has 4 aromatic rings. The Hall–Kier alpha value is -3.38. The van der Waals surface area contributed by atoms with E-state index in [4.69, 9.17) is 42.6 Å². The van der Waals surface area contributed by atoms with E-state index in [9.17, 15) is 9.59 Å². The third kappa shape index (κ3) is 5.32. The number of hydrogen-bond acceptors (Lipinski definition) is 9. The van der Waals surface area contributed by atoms with Gasteiger partial charge in [0.1, 0.15) is 29.3 Å². The molecule has 4 fully saturated rings. The molecule has 4 heterocycles. The number of piperidine rings is 1. The van der Waals surface area contributed by atoms with E-state index in [1.54, 1.807) is 12.1 Å². The number of anilines is 1. The average molecular weight is 643 g/mol. The predicted octanol–water partition coefficient (Wildman–Crippen LogP) is 5.86. The number of rotatable bonds is 10. The Morgan fingerprint density at radius 1 is 1.16 bits per heavy atom. The zero-order chi connectivity index (χ0) is 29.8. The number of benzene rings is 2. The smallest absolute Gasteiger partial charge is 0.322 e. The van der Waals surface area contributed by atoms with Crippen LogP contribution in [0, 0.1) is 0 Å². The number of nitrogens with one attached hydrogen (secondary N) is 2. The van der Waals surface area contributed by atoms with Crippen molar-refractivity contribution in [3.63, 3.8) is 0 Å². The van der Waals surface area contributed by atoms with Crippen molar-refractivity contribution in [3.05, 3.63) is 57.3 Å². The summed E-state index contributed by atoms with van der Waals surface area (Å²) >= 11 is 14.6. The molecule has 2 aliphatic carbocycles. The van der Waals surface area contributed by atoms with E-state index in [-0.39, 0.29) is 0 Å². The van der Waals surface area contributed by atoms with Crippen molar-refractivity contribution in [2.24, 2.45) is 0 Å². The first-order chi connectivity index (χ1) is 20.8. The lowest BCUT2D eigenvalue weighted by Crippen LogP contribution is -2.64. The van der Waals surface area contributed by atoms with Gasteiger partial charge in [-0.2, -0.15) is 0 Å². The van der Waals surface area contributed by atoms with Crippen molar-refractivity contribution < 1.29 is 24.0 Å². The van der Waals surface area contributed by atoms with Crippen LogP contribution in [0.15, 0.2) is 34.9 Å². The van der Waals surface area contributed by atoms with Gasteiger partial charge in [0, 0.05) is 47.3 Å². The molecule has 3 N–H and O–H groups in total. The maximum Gasteiger partial charge on any atom is 0.322 e. The molecule has 224 valence electrons. The fraction of sp³-hybridized carbons (Fsp3) is 0.400. The summed E-state index contributed by atoms with van der Waals surface area (Å²) in [5, 5.41) is 21.5. The summed E-state index contributed by atoms with van der Waals surface area (Å²) < 4.78 is 12.2. The second-order valence-electron chi connectivity index (χ2n) is 11.3. The van der Waals surface area contributed by atoms with Crippen LogP contribution in [0.1, 0.15) is 59.7 Å². The Morgan fingerprint density at radius 3 is 2.58 bits per heavy atom. The Bertz CT molecular complexity index is 1700. The number of nitrogens with zero attached hydrogens (tertiary/aromatic N) is 3. The van der Waals surface area contributed by atoms with Crippen LogP contribution in [-0.4, -0.2) is 58.9 Å². The van der Waals surface area contributed by atoms with Gasteiger partial charge in [0.15, 0.2) is 5.13 Å². The number of carbonyl (C=O) groups is 2. The van der Waals surface area contributed by atoms with Crippen LogP contribution in [0.5, 0.6) is 5.75 Å². The van der Waals surface area contributed by atoms with Crippen LogP contribution in [0.2, 0.25) is 10.0 Å². The van der Waals surface area contributed by atoms with Crippen LogP contribution < -0.4 is 20.3 Å². The highest BCUT2D eigenvalue weighted by Crippen LogP contribution is 2.48. The molecule has 2 bridgehead atoms. The average Bonchev–Trinajstić information content (AvgIpc) is 3.61. The molecule has 10 nitrogen and oxygen atoms in total. The van der Waals surface area contributed by atoms with Gasteiger partial charge in [0.25, 0.3) is 5.91 Å². The fourth-order valence-electron chi connectivity index (χ4n) is 6.32. The third-order valence-corrected chi connectivity index (χ3v) is 10.2. The molecule has 0 radical (unpaired) electrons. The maximum absolute atomic E-state index is 12.5. The van der Waals surface area contributed by atoms with E-state index in [1.807, 2.05) is 18.2 Å². The van der Waals surface area contributed by atoms with E-state index in [0.717, 1.165) is 53.3 Å². The third-order valence-electron chi connectivity index (χ3n) is 8.53. The van der Waals surface area contributed by atoms with E-state index in [0.29, 0.717) is 68.7 Å². The highest BCUT2D eigenvalue weighted by atomic mass is 35.5. The molecule has 4 aliphatic rings. The standard InChI is InChI=1S/C30H29Cl2N5O5S/c1-41-22-7-15(29(40)34-13-24(38)39)8-23-27(22)35-30(43-23)37-17-9-16(10-18(37)11-17)33-12-19-26(36-42-28(19)14-5-6-14)25-20(31)3-2-4-21(25)32/h2-4,7-8,14,16-18,33H,5-6,9-13H2,1H3,(H,34,40)(H,38,39). The van der Waals surface area contributed by atoms with Crippen molar-refractivity contribution in [3.8, 4) is 17.0 Å². The zero-order valence-electron chi connectivity index (χ0n) is 23.2. The minimum absolute atomic E-state index is 0.324. The number of carboxylic acids is 1. The Kier molecular flexibility index (Phi) is 7.45. The number of carboxylic acid groups (broad SMARTS) is 1. The van der Waals surface area contributed by atoms with Gasteiger partial charge in [0.05, 0.1) is 21.9 Å². The van der Waals surface area contributed by atoms with Gasteiger partial charge in [-0.25, -0.2) is 4.98 Å². The summed E-state index contributed by atoms with van der Waals surface area (Å²) in [5.74, 6) is 0.244. The van der Waals surface area contributed by atoms with Crippen molar-refractivity contribution in [1.82, 2.24) is 20.8 Å². The number of thiazole rings is 1. The summed E-state index contributed by atoms with van der Waals surface area (Å²) in [6, 6.07) is 9.84. The number of amides is 1. The van der Waals surface area contributed by atoms with Gasteiger partial charge in [-0.3, -0.25) is 9.59 Å². The van der Waals surface area contributed by atoms with Gasteiger partial charge in [-0.05, 0) is 56.4 Å². The number of methoxy groups -OCH3 is 1. The number of ether oxygens (including phenoxy) is 1. The molecule has 2 aliphatic heterocycles. The highest BCUT2D eigenvalue weighted by Gasteiger charge is 2.46. The van der Waals surface area contributed by atoms with E-state index in [2.05, 4.69) is 20.7 Å². The number of aliphatic carboxylic acids is 1. The summed E-state index contributed by atoms with van der Waals surface area (Å²) in [4.78, 5) is 30.7. The monoisotopic (exact) mass is 641 g/mol. The molecule has 13 heteroatoms. The second-order valence-corrected chi connectivity index (χ2v) is 13.2. The molecule has 2 atom stereocenters. The predicted molar refractivity (Wildman–Crippen MR) is 165 cm³/mol. The Labute approximate surface area is 261 Å². The first-order valence-electron chi connectivity index (χ1n) is 14.2. The zero-order valence-corrected chi connectivity index (χ0v) is 25.6. The second kappa shape index (κ2) is 11.3.